The van der Waals surface area contributed by atoms with Crippen LogP contribution < -0.4 is 5.32 Å². The lowest BCUT2D eigenvalue weighted by atomic mass is 10.2. The van der Waals surface area contributed by atoms with Crippen LogP contribution in [0.25, 0.3) is 0 Å². The molecule has 1 N–H and O–H groups in total. The maximum Gasteiger partial charge on any atom is 0.462 e. The highest BCUT2D eigenvalue weighted by Gasteiger charge is 2.85. The first-order valence-electron chi connectivity index (χ1n) is 8.67. The Balaban J connectivity index is 3.62. The van der Waals surface area contributed by atoms with Crippen LogP contribution in [0.4, 0.5) is 80.3 Å². The Labute approximate surface area is 202 Å². The second kappa shape index (κ2) is 10.1. The minimum absolute atomic E-state index is 0.0894. The molecule has 1 aromatic carbocycles. The van der Waals surface area contributed by atoms with E-state index in [1.165, 1.54) is 17.1 Å². The zero-order valence-corrected chi connectivity index (χ0v) is 18.2. The number of rotatable bonds is 9. The number of benzene rings is 1. The van der Waals surface area contributed by atoms with E-state index in [2.05, 4.69) is 0 Å². The summed E-state index contributed by atoms with van der Waals surface area (Å²) in [6.45, 7) is 0. The molecule has 0 heterocycles. The van der Waals surface area contributed by atoms with Crippen molar-refractivity contribution in [2.24, 2.45) is 0 Å². The lowest BCUT2D eigenvalue weighted by Gasteiger charge is -2.40. The zero-order chi connectivity index (χ0) is 30.4. The highest BCUT2D eigenvalue weighted by atomic mass is 32.2. The molecule has 0 aliphatic heterocycles. The maximum absolute atomic E-state index is 14.5. The van der Waals surface area contributed by atoms with E-state index in [1.807, 2.05) is 4.74 Å². The molecule has 2 unspecified atom stereocenters. The number of hydrogen-bond acceptors (Lipinski definition) is 4. The Morgan fingerprint density at radius 1 is 0.711 bits per heavy atom. The Hall–Kier alpha value is -2.23. The summed E-state index contributed by atoms with van der Waals surface area (Å²) in [5, 5.41) is 0.902. The zero-order valence-electron chi connectivity index (χ0n) is 17.4. The number of halogens is 17. The number of nitrogens with one attached hydrogen (secondary N) is 1. The molecule has 0 bridgehead atoms. The van der Waals surface area contributed by atoms with E-state index in [0.717, 1.165) is 29.2 Å². The van der Waals surface area contributed by atoms with Crippen molar-refractivity contribution in [3.8, 4) is 0 Å². The summed E-state index contributed by atoms with van der Waals surface area (Å²) in [6.07, 6.45) is -37.2. The van der Waals surface area contributed by atoms with Gasteiger partial charge in [0.2, 0.25) is 0 Å². The molecule has 220 valence electrons. The normalized spacial score (nSPS) is 17.5. The summed E-state index contributed by atoms with van der Waals surface area (Å²) in [4.78, 5) is 11.9. The van der Waals surface area contributed by atoms with Crippen molar-refractivity contribution in [1.29, 1.82) is 0 Å². The van der Waals surface area contributed by atoms with Gasteiger partial charge in [-0.1, -0.05) is 6.07 Å². The second-order valence-electron chi connectivity index (χ2n) is 6.68. The molecule has 0 aliphatic carbocycles. The van der Waals surface area contributed by atoms with Gasteiger partial charge in [-0.25, -0.2) is 0 Å². The summed E-state index contributed by atoms with van der Waals surface area (Å²) in [5.41, 5.74) is -0.880. The molecule has 0 radical (unpaired) electrons. The summed E-state index contributed by atoms with van der Waals surface area (Å²) < 4.78 is 226. The van der Waals surface area contributed by atoms with Crippen LogP contribution >= 0.6 is 11.8 Å². The molecule has 0 saturated heterocycles. The number of anilines is 1. The first kappa shape index (κ1) is 33.8. The van der Waals surface area contributed by atoms with Crippen LogP contribution in [0.5, 0.6) is 0 Å². The average Bonchev–Trinajstić information content (AvgIpc) is 2.70. The van der Waals surface area contributed by atoms with E-state index in [-0.39, 0.29) is 4.90 Å². The fourth-order valence-corrected chi connectivity index (χ4v) is 2.53. The van der Waals surface area contributed by atoms with Crippen molar-refractivity contribution >= 4 is 23.4 Å². The molecule has 0 saturated carbocycles. The largest absolute Gasteiger partial charge is 0.462 e. The number of alkyl halides is 17. The van der Waals surface area contributed by atoms with E-state index < -0.39 is 60.0 Å². The number of thioether (sulfide) groups is 1. The number of carbonyl (C=O) groups is 1. The minimum Gasteiger partial charge on any atom is -0.321 e. The lowest BCUT2D eigenvalue weighted by Crippen LogP contribution is -2.68. The van der Waals surface area contributed by atoms with Gasteiger partial charge in [-0.2, -0.15) is 74.6 Å². The summed E-state index contributed by atoms with van der Waals surface area (Å²) in [5.74, 6) is -26.2. The fourth-order valence-electron chi connectivity index (χ4n) is 2.08. The van der Waals surface area contributed by atoms with E-state index in [9.17, 15) is 79.4 Å². The Morgan fingerprint density at radius 2 is 1.21 bits per heavy atom. The summed E-state index contributed by atoms with van der Waals surface area (Å²) >= 11 is 0.826. The van der Waals surface area contributed by atoms with Gasteiger partial charge in [0.05, 0.1) is 0 Å². The van der Waals surface area contributed by atoms with Crippen LogP contribution in [0.3, 0.4) is 0 Å². The fraction of sp³-hybridized carbons (Fsp3) is 0.562. The van der Waals surface area contributed by atoms with Crippen LogP contribution in [0.2, 0.25) is 0 Å². The predicted molar refractivity (Wildman–Crippen MR) is 89.7 cm³/mol. The molecular formula is C16H8F17NO3S. The van der Waals surface area contributed by atoms with Crippen LogP contribution in [0.1, 0.15) is 0 Å². The third-order valence-electron chi connectivity index (χ3n) is 3.98. The third-order valence-corrected chi connectivity index (χ3v) is 4.71. The van der Waals surface area contributed by atoms with Crippen LogP contribution in [-0.4, -0.2) is 60.5 Å². The van der Waals surface area contributed by atoms with Crippen molar-refractivity contribution in [2.45, 2.75) is 53.3 Å². The predicted octanol–water partition coefficient (Wildman–Crippen LogP) is 7.22. The topological polar surface area (TPSA) is 47.6 Å². The number of ether oxygens (including phenoxy) is 2. The molecule has 0 aliphatic rings. The number of carbonyl (C=O) groups excluding carboxylic acids is 1. The van der Waals surface area contributed by atoms with Gasteiger partial charge in [-0.3, -0.25) is 14.3 Å². The molecule has 0 spiro atoms. The van der Waals surface area contributed by atoms with Crippen LogP contribution in [0, 0.1) is 0 Å². The number of amides is 1. The first-order valence-corrected chi connectivity index (χ1v) is 9.89. The Bertz CT molecular complexity index is 1010. The maximum atomic E-state index is 14.5. The second-order valence-corrected chi connectivity index (χ2v) is 7.56. The van der Waals surface area contributed by atoms with Crippen molar-refractivity contribution in [3.05, 3.63) is 24.3 Å². The summed E-state index contributed by atoms with van der Waals surface area (Å²) in [6, 6.07) is 3.56. The van der Waals surface area contributed by atoms with Crippen molar-refractivity contribution in [3.63, 3.8) is 0 Å². The van der Waals surface area contributed by atoms with Crippen molar-refractivity contribution in [1.82, 2.24) is 0 Å². The molecule has 1 aromatic rings. The van der Waals surface area contributed by atoms with Crippen LogP contribution in [-0.2, 0) is 14.3 Å². The lowest BCUT2D eigenvalue weighted by molar-refractivity contribution is -0.548. The van der Waals surface area contributed by atoms with Crippen molar-refractivity contribution < 1.29 is 88.9 Å². The van der Waals surface area contributed by atoms with E-state index >= 15 is 0 Å². The van der Waals surface area contributed by atoms with Gasteiger partial charge in [0.1, 0.15) is 0 Å². The Kier molecular flexibility index (Phi) is 8.95. The van der Waals surface area contributed by atoms with Gasteiger partial charge in [-0.15, -0.1) is 11.8 Å². The van der Waals surface area contributed by atoms with Gasteiger partial charge < -0.3 is 5.32 Å². The van der Waals surface area contributed by atoms with Gasteiger partial charge in [-0.05, 0) is 24.5 Å². The molecule has 38 heavy (non-hydrogen) atoms. The number of hydrogen-bond donors (Lipinski definition) is 1. The minimum atomic E-state index is -8.06. The first-order chi connectivity index (χ1) is 16.6. The van der Waals surface area contributed by atoms with Gasteiger partial charge >= 0.3 is 48.4 Å². The molecule has 1 amide bonds. The highest BCUT2D eigenvalue weighted by Crippen LogP contribution is 2.56. The third kappa shape index (κ3) is 6.15. The molecule has 4 nitrogen and oxygen atoms in total. The molecule has 2 atom stereocenters. The van der Waals surface area contributed by atoms with E-state index in [1.54, 1.807) is 0 Å². The Morgan fingerprint density at radius 3 is 1.61 bits per heavy atom. The van der Waals surface area contributed by atoms with Crippen LogP contribution in [0.15, 0.2) is 29.2 Å². The summed E-state index contributed by atoms with van der Waals surface area (Å²) in [7, 11) is 0. The monoisotopic (exact) mass is 617 g/mol. The van der Waals surface area contributed by atoms with E-state index in [0.29, 0.717) is 6.07 Å². The van der Waals surface area contributed by atoms with Gasteiger partial charge in [0, 0.05) is 10.6 Å². The average molecular weight is 617 g/mol. The molecule has 0 fully saturated rings. The quantitative estimate of drug-likeness (QED) is 0.235. The standard InChI is InChI=1S/C16H8F17NO3S/c1-38-7-4-2-3-6(5-7)34-8(35)9(17,12(21,22)23)36-16(32,33)11(20,14(27,28)29)37-15(30,31)10(18,19)13(24,25)26/h2-5H,1H3,(H,34,35). The molecule has 22 heteroatoms. The van der Waals surface area contributed by atoms with Crippen molar-refractivity contribution in [2.75, 3.05) is 11.6 Å². The molecule has 1 rings (SSSR count). The van der Waals surface area contributed by atoms with Gasteiger partial charge in [0.25, 0.3) is 5.91 Å². The molecule has 0 aromatic heterocycles. The molecular weight excluding hydrogens is 609 g/mol. The highest BCUT2D eigenvalue weighted by molar-refractivity contribution is 7.98. The van der Waals surface area contributed by atoms with E-state index in [4.69, 9.17) is 0 Å². The smallest absolute Gasteiger partial charge is 0.321 e. The van der Waals surface area contributed by atoms with Gasteiger partial charge in [0.15, 0.2) is 0 Å². The SMILES string of the molecule is CSc1cccc(NC(=O)C(F)(OC(F)(F)C(F)(OC(F)(F)C(F)(F)C(F)(F)F)C(F)(F)F)C(F)(F)F)c1.